The third-order valence-electron chi connectivity index (χ3n) is 6.55. The smallest absolute Gasteiger partial charge is 0.487 e. The van der Waals surface area contributed by atoms with Crippen LogP contribution in [0.15, 0.2) is 40.8 Å². The summed E-state index contributed by atoms with van der Waals surface area (Å²) < 4.78 is 49.1. The lowest BCUT2D eigenvalue weighted by atomic mass is 9.76. The summed E-state index contributed by atoms with van der Waals surface area (Å²) in [6.45, 7) is 5.83. The molecule has 1 aromatic carbocycles. The number of nitrogens with one attached hydrogen (secondary N) is 1. The van der Waals surface area contributed by atoms with E-state index in [0.717, 1.165) is 61.7 Å². The minimum Gasteiger partial charge on any atom is -0.487 e. The van der Waals surface area contributed by atoms with Crippen LogP contribution in [0.2, 0.25) is 0 Å². The lowest BCUT2D eigenvalue weighted by Crippen LogP contribution is -2.50. The molecule has 1 atom stereocenters. The molecular formula is C26H33F3N2O6. The molecule has 11 heteroatoms. The highest BCUT2D eigenvalue weighted by Crippen LogP contribution is 2.46. The second-order valence-electron chi connectivity index (χ2n) is 9.36. The zero-order chi connectivity index (χ0) is 27.1. The number of nitrogens with zero attached hydrogens (tertiary/aromatic N) is 1. The number of carbonyl (C=O) groups is 2. The molecule has 0 bridgehead atoms. The number of aliphatic carboxylic acids is 1. The van der Waals surface area contributed by atoms with E-state index < -0.39 is 12.1 Å². The number of alkyl halides is 3. The Labute approximate surface area is 213 Å². The zero-order valence-corrected chi connectivity index (χ0v) is 21.0. The Hall–Kier alpha value is -3.05. The molecular weight excluding hydrogens is 493 g/mol. The van der Waals surface area contributed by atoms with Crippen LogP contribution in [0.25, 0.3) is 0 Å². The number of carboxylic acid groups (broad SMARTS) is 1. The number of carbonyl (C=O) groups excluding carboxylic acids is 1. The number of halogens is 3. The van der Waals surface area contributed by atoms with Gasteiger partial charge in [-0.1, -0.05) is 18.2 Å². The topological polar surface area (TPSA) is 101 Å². The van der Waals surface area contributed by atoms with Gasteiger partial charge in [-0.15, -0.1) is 0 Å². The van der Waals surface area contributed by atoms with Crippen LogP contribution in [-0.2, 0) is 20.9 Å². The van der Waals surface area contributed by atoms with Crippen molar-refractivity contribution in [1.82, 2.24) is 10.2 Å². The first-order chi connectivity index (χ1) is 17.5. The second-order valence-corrected chi connectivity index (χ2v) is 9.36. The van der Waals surface area contributed by atoms with Gasteiger partial charge in [0.15, 0.2) is 0 Å². The Balaban J connectivity index is 0.000000479. The maximum atomic E-state index is 12.5. The van der Waals surface area contributed by atoms with Crippen molar-refractivity contribution >= 4 is 11.9 Å². The summed E-state index contributed by atoms with van der Waals surface area (Å²) in [5.41, 5.74) is 0.958. The van der Waals surface area contributed by atoms with Crippen molar-refractivity contribution in [2.45, 2.75) is 56.8 Å². The quantitative estimate of drug-likeness (QED) is 0.520. The summed E-state index contributed by atoms with van der Waals surface area (Å²) in [7, 11) is 1.64. The summed E-state index contributed by atoms with van der Waals surface area (Å²) in [5, 5.41) is 10.1. The number of aryl methyl sites for hydroxylation is 1. The van der Waals surface area contributed by atoms with E-state index in [1.807, 2.05) is 31.2 Å². The summed E-state index contributed by atoms with van der Waals surface area (Å²) in [4.78, 5) is 23.8. The van der Waals surface area contributed by atoms with Crippen molar-refractivity contribution in [1.29, 1.82) is 0 Å². The maximum Gasteiger partial charge on any atom is 0.490 e. The third-order valence-corrected chi connectivity index (χ3v) is 6.55. The Morgan fingerprint density at radius 2 is 1.86 bits per heavy atom. The molecule has 3 heterocycles. The van der Waals surface area contributed by atoms with Crippen LogP contribution >= 0.6 is 0 Å². The highest BCUT2D eigenvalue weighted by Gasteiger charge is 2.43. The Kier molecular flexibility index (Phi) is 9.61. The molecule has 2 N–H and O–H groups in total. The second kappa shape index (κ2) is 12.5. The van der Waals surface area contributed by atoms with Crippen LogP contribution in [0.4, 0.5) is 13.2 Å². The fourth-order valence-corrected chi connectivity index (χ4v) is 4.73. The largest absolute Gasteiger partial charge is 0.490 e. The first kappa shape index (κ1) is 28.5. The molecule has 0 aliphatic carbocycles. The normalized spacial score (nSPS) is 18.8. The summed E-state index contributed by atoms with van der Waals surface area (Å²) in [6, 6.07) is 12.3. The number of hydrogen-bond acceptors (Lipinski definition) is 6. The highest BCUT2D eigenvalue weighted by atomic mass is 19.4. The minimum absolute atomic E-state index is 0.0783. The van der Waals surface area contributed by atoms with Crippen LogP contribution in [0.5, 0.6) is 5.75 Å². The van der Waals surface area contributed by atoms with Crippen molar-refractivity contribution in [2.75, 3.05) is 33.4 Å². The molecule has 4 rings (SSSR count). The van der Waals surface area contributed by atoms with E-state index in [4.69, 9.17) is 23.8 Å². The van der Waals surface area contributed by atoms with Gasteiger partial charge in [-0.25, -0.2) is 4.79 Å². The van der Waals surface area contributed by atoms with Gasteiger partial charge in [0.05, 0.1) is 13.2 Å². The van der Waals surface area contributed by atoms with Gasteiger partial charge in [-0.05, 0) is 49.9 Å². The number of rotatable bonds is 7. The Bertz CT molecular complexity index is 1050. The molecule has 1 aromatic heterocycles. The molecule has 1 spiro atoms. The number of amides is 1. The predicted octanol–water partition coefficient (Wildman–Crippen LogP) is 4.27. The molecule has 204 valence electrons. The van der Waals surface area contributed by atoms with Crippen molar-refractivity contribution in [2.24, 2.45) is 0 Å². The average molecular weight is 527 g/mol. The van der Waals surface area contributed by atoms with Gasteiger partial charge in [0.2, 0.25) is 5.91 Å². The summed E-state index contributed by atoms with van der Waals surface area (Å²) >= 11 is 0. The number of fused-ring (bicyclic) bond motifs is 1. The molecule has 0 radical (unpaired) electrons. The monoisotopic (exact) mass is 526 g/mol. The third kappa shape index (κ3) is 8.22. The number of likely N-dealkylation sites (tertiary alicyclic amines) is 1. The van der Waals surface area contributed by atoms with Crippen LogP contribution in [0.3, 0.4) is 0 Å². The van der Waals surface area contributed by atoms with E-state index in [1.165, 1.54) is 0 Å². The van der Waals surface area contributed by atoms with Gasteiger partial charge in [0.1, 0.15) is 22.9 Å². The average Bonchev–Trinajstić information content (AvgIpc) is 3.25. The number of hydrogen-bond donors (Lipinski definition) is 2. The van der Waals surface area contributed by atoms with Gasteiger partial charge in [0, 0.05) is 39.1 Å². The summed E-state index contributed by atoms with van der Waals surface area (Å²) in [5.74, 6) is 0.411. The maximum absolute atomic E-state index is 12.5. The van der Waals surface area contributed by atoms with Crippen molar-refractivity contribution in [3.8, 4) is 5.75 Å². The van der Waals surface area contributed by atoms with E-state index in [1.54, 1.807) is 7.11 Å². The van der Waals surface area contributed by atoms with E-state index in [-0.39, 0.29) is 17.4 Å². The van der Waals surface area contributed by atoms with Crippen LogP contribution in [0.1, 0.15) is 48.7 Å². The molecule has 0 saturated carbocycles. The first-order valence-corrected chi connectivity index (χ1v) is 12.1. The van der Waals surface area contributed by atoms with Gasteiger partial charge in [-0.2, -0.15) is 13.2 Å². The number of methoxy groups -OCH3 is 1. The van der Waals surface area contributed by atoms with Gasteiger partial charge >= 0.3 is 12.1 Å². The SMILES string of the molecule is COCCNC(=O)CC1CC2(CCN(Cc3ccc(C)o3)CC2)Oc2ccccc21.O=C(O)C(F)(F)F. The van der Waals surface area contributed by atoms with Crippen molar-refractivity contribution in [3.05, 3.63) is 53.5 Å². The standard InChI is InChI=1S/C24H32N2O4.C2HF3O2/c1-18-7-8-20(29-18)17-26-12-9-24(10-13-26)16-19(15-23(27)25-11-14-28-2)21-5-3-4-6-22(21)30-24;3-2(4,5)1(6)7/h3-8,19H,9-17H2,1-2H3,(H,25,27);(H,6,7). The fourth-order valence-electron chi connectivity index (χ4n) is 4.73. The van der Waals surface area contributed by atoms with E-state index in [0.29, 0.717) is 19.6 Å². The highest BCUT2D eigenvalue weighted by molar-refractivity contribution is 5.77. The van der Waals surface area contributed by atoms with E-state index in [2.05, 4.69) is 22.3 Å². The minimum atomic E-state index is -5.08. The zero-order valence-electron chi connectivity index (χ0n) is 21.0. The van der Waals surface area contributed by atoms with Crippen LogP contribution < -0.4 is 10.1 Å². The van der Waals surface area contributed by atoms with Crippen molar-refractivity contribution in [3.63, 3.8) is 0 Å². The molecule has 2 aliphatic heterocycles. The van der Waals surface area contributed by atoms with Gasteiger partial charge < -0.3 is 24.3 Å². The number of para-hydroxylation sites is 1. The van der Waals surface area contributed by atoms with Gasteiger partial charge in [-0.3, -0.25) is 9.69 Å². The number of furan rings is 1. The molecule has 1 unspecified atom stereocenters. The molecule has 1 amide bonds. The molecule has 2 aromatic rings. The number of benzene rings is 1. The lowest BCUT2D eigenvalue weighted by Gasteiger charge is -2.46. The molecule has 8 nitrogen and oxygen atoms in total. The van der Waals surface area contributed by atoms with Gasteiger partial charge in [0.25, 0.3) is 0 Å². The molecule has 37 heavy (non-hydrogen) atoms. The number of ether oxygens (including phenoxy) is 2. The van der Waals surface area contributed by atoms with Crippen LogP contribution in [-0.4, -0.2) is 67.0 Å². The van der Waals surface area contributed by atoms with E-state index in [9.17, 15) is 18.0 Å². The number of piperidine rings is 1. The van der Waals surface area contributed by atoms with Crippen molar-refractivity contribution < 1.29 is 41.8 Å². The molecule has 2 aliphatic rings. The van der Waals surface area contributed by atoms with Crippen LogP contribution in [0, 0.1) is 6.92 Å². The number of carboxylic acids is 1. The Morgan fingerprint density at radius 3 is 2.46 bits per heavy atom. The lowest BCUT2D eigenvalue weighted by molar-refractivity contribution is -0.192. The first-order valence-electron chi connectivity index (χ1n) is 12.1. The molecule has 1 saturated heterocycles. The summed E-state index contributed by atoms with van der Waals surface area (Å²) in [6.07, 6.45) is -1.79. The molecule has 1 fully saturated rings. The van der Waals surface area contributed by atoms with E-state index >= 15 is 0 Å². The predicted molar refractivity (Wildman–Crippen MR) is 128 cm³/mol. The Morgan fingerprint density at radius 1 is 1.19 bits per heavy atom. The fraction of sp³-hybridized carbons (Fsp3) is 0.538.